The van der Waals surface area contributed by atoms with Crippen LogP contribution in [-0.4, -0.2) is 13.1 Å². The first-order valence-electron chi connectivity index (χ1n) is 6.54. The molecule has 0 radical (unpaired) electrons. The van der Waals surface area contributed by atoms with E-state index in [1.54, 1.807) is 0 Å². The SMILES string of the molecule is CNC1CCC(Cc2ccc(C)cc2Cl)C1C. The van der Waals surface area contributed by atoms with Gasteiger partial charge in [0.05, 0.1) is 0 Å². The first-order chi connectivity index (χ1) is 8.11. The molecule has 0 amide bonds. The van der Waals surface area contributed by atoms with Crippen LogP contribution in [0.5, 0.6) is 0 Å². The molecule has 1 nitrogen and oxygen atoms in total. The molecule has 0 spiro atoms. The van der Waals surface area contributed by atoms with Crippen molar-refractivity contribution < 1.29 is 0 Å². The van der Waals surface area contributed by atoms with E-state index >= 15 is 0 Å². The molecular formula is C15H22ClN. The van der Waals surface area contributed by atoms with Crippen LogP contribution in [0.4, 0.5) is 0 Å². The maximum atomic E-state index is 6.31. The number of benzene rings is 1. The third-order valence-corrected chi connectivity index (χ3v) is 4.64. The highest BCUT2D eigenvalue weighted by Crippen LogP contribution is 2.35. The van der Waals surface area contributed by atoms with Crippen molar-refractivity contribution in [2.45, 2.75) is 39.2 Å². The Morgan fingerprint density at radius 3 is 2.71 bits per heavy atom. The Kier molecular flexibility index (Phi) is 4.11. The molecule has 0 bridgehead atoms. The minimum atomic E-state index is 0.684. The number of nitrogens with one attached hydrogen (secondary N) is 1. The van der Waals surface area contributed by atoms with Crippen LogP contribution in [-0.2, 0) is 6.42 Å². The van der Waals surface area contributed by atoms with Gasteiger partial charge in [-0.15, -0.1) is 0 Å². The van der Waals surface area contributed by atoms with Crippen LogP contribution in [0, 0.1) is 18.8 Å². The maximum absolute atomic E-state index is 6.31. The summed E-state index contributed by atoms with van der Waals surface area (Å²) in [5, 5.41) is 4.36. The van der Waals surface area contributed by atoms with Crippen LogP contribution in [0.25, 0.3) is 0 Å². The average Bonchev–Trinajstić information content (AvgIpc) is 2.64. The molecule has 0 aliphatic heterocycles. The van der Waals surface area contributed by atoms with Crippen molar-refractivity contribution >= 4 is 11.6 Å². The van der Waals surface area contributed by atoms with Crippen LogP contribution in [0.2, 0.25) is 5.02 Å². The van der Waals surface area contributed by atoms with Crippen molar-refractivity contribution in [1.82, 2.24) is 5.32 Å². The van der Waals surface area contributed by atoms with Gasteiger partial charge >= 0.3 is 0 Å². The van der Waals surface area contributed by atoms with Gasteiger partial charge in [0, 0.05) is 11.1 Å². The predicted molar refractivity (Wildman–Crippen MR) is 74.6 cm³/mol. The fraction of sp³-hybridized carbons (Fsp3) is 0.600. The van der Waals surface area contributed by atoms with E-state index in [9.17, 15) is 0 Å². The molecule has 1 fully saturated rings. The van der Waals surface area contributed by atoms with Gasteiger partial charge in [-0.05, 0) is 62.3 Å². The van der Waals surface area contributed by atoms with E-state index in [0.717, 1.165) is 23.3 Å². The van der Waals surface area contributed by atoms with Crippen LogP contribution in [0.15, 0.2) is 18.2 Å². The third kappa shape index (κ3) is 2.83. The number of rotatable bonds is 3. The lowest BCUT2D eigenvalue weighted by Crippen LogP contribution is -2.29. The molecule has 3 unspecified atom stereocenters. The summed E-state index contributed by atoms with van der Waals surface area (Å²) in [5.74, 6) is 1.52. The molecule has 2 rings (SSSR count). The Morgan fingerprint density at radius 2 is 2.12 bits per heavy atom. The highest BCUT2D eigenvalue weighted by molar-refractivity contribution is 6.31. The molecule has 1 aromatic carbocycles. The van der Waals surface area contributed by atoms with Crippen LogP contribution in [0.3, 0.4) is 0 Å². The number of hydrogen-bond acceptors (Lipinski definition) is 1. The molecule has 0 heterocycles. The lowest BCUT2D eigenvalue weighted by atomic mass is 9.89. The summed E-state index contributed by atoms with van der Waals surface area (Å²) in [6.07, 6.45) is 3.74. The zero-order valence-electron chi connectivity index (χ0n) is 11.0. The standard InChI is InChI=1S/C15H22ClN/c1-10-4-5-13(14(16)8-10)9-12-6-7-15(17-3)11(12)2/h4-5,8,11-12,15,17H,6-7,9H2,1-3H3. The van der Waals surface area contributed by atoms with Gasteiger partial charge in [0.25, 0.3) is 0 Å². The Bertz CT molecular complexity index is 389. The number of aryl methyl sites for hydroxylation is 1. The Labute approximate surface area is 110 Å². The second kappa shape index (κ2) is 5.41. The Hall–Kier alpha value is -0.530. The van der Waals surface area contributed by atoms with Gasteiger partial charge in [-0.25, -0.2) is 0 Å². The summed E-state index contributed by atoms with van der Waals surface area (Å²) in [6, 6.07) is 7.11. The Balaban J connectivity index is 2.06. The van der Waals surface area contributed by atoms with Crippen molar-refractivity contribution in [2.24, 2.45) is 11.8 Å². The van der Waals surface area contributed by atoms with Crippen LogP contribution < -0.4 is 5.32 Å². The molecule has 1 aromatic rings. The maximum Gasteiger partial charge on any atom is 0.0440 e. The van der Waals surface area contributed by atoms with E-state index in [4.69, 9.17) is 11.6 Å². The number of hydrogen-bond donors (Lipinski definition) is 1. The predicted octanol–water partition coefficient (Wildman–Crippen LogP) is 3.83. The lowest BCUT2D eigenvalue weighted by molar-refractivity contribution is 0.364. The van der Waals surface area contributed by atoms with Crippen LogP contribution >= 0.6 is 11.6 Å². The van der Waals surface area contributed by atoms with Gasteiger partial charge in [-0.3, -0.25) is 0 Å². The van der Waals surface area contributed by atoms with E-state index in [-0.39, 0.29) is 0 Å². The summed E-state index contributed by atoms with van der Waals surface area (Å²) in [6.45, 7) is 4.45. The number of halogens is 1. The normalized spacial score (nSPS) is 28.6. The van der Waals surface area contributed by atoms with Gasteiger partial charge in [0.1, 0.15) is 0 Å². The smallest absolute Gasteiger partial charge is 0.0440 e. The fourth-order valence-electron chi connectivity index (χ4n) is 3.04. The lowest BCUT2D eigenvalue weighted by Gasteiger charge is -2.20. The second-order valence-corrected chi connectivity index (χ2v) is 5.80. The van der Waals surface area contributed by atoms with Crippen molar-refractivity contribution in [2.75, 3.05) is 7.05 Å². The summed E-state index contributed by atoms with van der Waals surface area (Å²) >= 11 is 6.31. The third-order valence-electron chi connectivity index (χ3n) is 4.29. The van der Waals surface area contributed by atoms with Gasteiger partial charge in [0.2, 0.25) is 0 Å². The molecule has 17 heavy (non-hydrogen) atoms. The van der Waals surface area contributed by atoms with E-state index in [1.165, 1.54) is 24.0 Å². The molecule has 0 aromatic heterocycles. The second-order valence-electron chi connectivity index (χ2n) is 5.39. The first-order valence-corrected chi connectivity index (χ1v) is 6.92. The highest BCUT2D eigenvalue weighted by Gasteiger charge is 2.31. The zero-order valence-corrected chi connectivity index (χ0v) is 11.7. The molecule has 2 heteroatoms. The molecule has 1 N–H and O–H groups in total. The van der Waals surface area contributed by atoms with E-state index < -0.39 is 0 Å². The average molecular weight is 252 g/mol. The van der Waals surface area contributed by atoms with Gasteiger partial charge < -0.3 is 5.32 Å². The van der Waals surface area contributed by atoms with E-state index in [1.807, 2.05) is 0 Å². The van der Waals surface area contributed by atoms with Crippen molar-refractivity contribution in [3.05, 3.63) is 34.3 Å². The van der Waals surface area contributed by atoms with Crippen LogP contribution in [0.1, 0.15) is 30.9 Å². The molecule has 1 aliphatic rings. The first kappa shape index (κ1) is 12.9. The Morgan fingerprint density at radius 1 is 1.35 bits per heavy atom. The molecule has 1 aliphatic carbocycles. The van der Waals surface area contributed by atoms with Crippen molar-refractivity contribution in [3.8, 4) is 0 Å². The van der Waals surface area contributed by atoms with E-state index in [0.29, 0.717) is 6.04 Å². The van der Waals surface area contributed by atoms with Gasteiger partial charge in [-0.1, -0.05) is 30.7 Å². The summed E-state index contributed by atoms with van der Waals surface area (Å²) < 4.78 is 0. The highest BCUT2D eigenvalue weighted by atomic mass is 35.5. The van der Waals surface area contributed by atoms with Gasteiger partial charge in [0.15, 0.2) is 0 Å². The van der Waals surface area contributed by atoms with Crippen molar-refractivity contribution in [3.63, 3.8) is 0 Å². The summed E-state index contributed by atoms with van der Waals surface area (Å²) in [4.78, 5) is 0. The molecule has 1 saturated carbocycles. The summed E-state index contributed by atoms with van der Waals surface area (Å²) in [5.41, 5.74) is 2.55. The quantitative estimate of drug-likeness (QED) is 0.861. The largest absolute Gasteiger partial charge is 0.317 e. The fourth-order valence-corrected chi connectivity index (χ4v) is 3.36. The topological polar surface area (TPSA) is 12.0 Å². The molecule has 3 atom stereocenters. The summed E-state index contributed by atoms with van der Waals surface area (Å²) in [7, 11) is 2.07. The zero-order chi connectivity index (χ0) is 12.4. The molecule has 94 valence electrons. The van der Waals surface area contributed by atoms with Crippen molar-refractivity contribution in [1.29, 1.82) is 0 Å². The molecular weight excluding hydrogens is 230 g/mol. The van der Waals surface area contributed by atoms with Gasteiger partial charge in [-0.2, -0.15) is 0 Å². The minimum Gasteiger partial charge on any atom is -0.317 e. The van der Waals surface area contributed by atoms with E-state index in [2.05, 4.69) is 44.4 Å². The minimum absolute atomic E-state index is 0.684. The monoisotopic (exact) mass is 251 g/mol. The molecule has 0 saturated heterocycles.